The number of amides is 2. The van der Waals surface area contributed by atoms with Gasteiger partial charge in [-0.05, 0) is 24.3 Å². The second-order valence-corrected chi connectivity index (χ2v) is 9.78. The molecule has 3 rings (SSSR count). The summed E-state index contributed by atoms with van der Waals surface area (Å²) in [6.07, 6.45) is 0. The fourth-order valence-electron chi connectivity index (χ4n) is 2.88. The van der Waals surface area contributed by atoms with Gasteiger partial charge in [0, 0.05) is 38.0 Å². The molecule has 0 aliphatic carbocycles. The first-order chi connectivity index (χ1) is 13.3. The number of halogens is 1. The normalized spacial score (nSPS) is 15.4. The number of rotatable bonds is 5. The predicted octanol–water partition coefficient (Wildman–Crippen LogP) is 2.18. The first kappa shape index (κ1) is 20.8. The number of hydrogen-bond donors (Lipinski definition) is 1. The van der Waals surface area contributed by atoms with Crippen molar-refractivity contribution in [1.29, 1.82) is 0 Å². The Labute approximate surface area is 172 Å². The van der Waals surface area contributed by atoms with Gasteiger partial charge in [-0.25, -0.2) is 8.42 Å². The predicted molar refractivity (Wildman–Crippen MR) is 108 cm³/mol. The zero-order valence-corrected chi connectivity index (χ0v) is 17.6. The van der Waals surface area contributed by atoms with Crippen molar-refractivity contribution in [3.63, 3.8) is 0 Å². The molecule has 0 saturated carbocycles. The number of sulfonamides is 1. The maximum absolute atomic E-state index is 12.8. The number of carbonyl (C=O) groups excluding carboxylic acids is 2. The summed E-state index contributed by atoms with van der Waals surface area (Å²) in [7, 11) is -3.69. The third-order valence-electron chi connectivity index (χ3n) is 4.36. The lowest BCUT2D eigenvalue weighted by Gasteiger charge is -2.33. The van der Waals surface area contributed by atoms with Crippen LogP contribution in [0.3, 0.4) is 0 Å². The lowest BCUT2D eigenvalue weighted by Crippen LogP contribution is -2.50. The number of hydrogen-bond acceptors (Lipinski definition) is 5. The summed E-state index contributed by atoms with van der Waals surface area (Å²) >= 11 is 7.37. The quantitative estimate of drug-likeness (QED) is 0.770. The van der Waals surface area contributed by atoms with Gasteiger partial charge in [-0.1, -0.05) is 23.7 Å². The van der Waals surface area contributed by atoms with Crippen LogP contribution in [-0.2, 0) is 21.4 Å². The summed E-state index contributed by atoms with van der Waals surface area (Å²) in [4.78, 5) is 26.9. The van der Waals surface area contributed by atoms with Crippen LogP contribution in [0.5, 0.6) is 0 Å². The average molecular weight is 442 g/mol. The molecule has 1 aliphatic heterocycles. The molecule has 2 aromatic rings. The Morgan fingerprint density at radius 2 is 1.79 bits per heavy atom. The highest BCUT2D eigenvalue weighted by Gasteiger charge is 2.31. The van der Waals surface area contributed by atoms with Gasteiger partial charge in [0.1, 0.15) is 4.90 Å². The first-order valence-electron chi connectivity index (χ1n) is 8.66. The molecule has 7 nitrogen and oxygen atoms in total. The maximum atomic E-state index is 12.8. The van der Waals surface area contributed by atoms with Crippen molar-refractivity contribution in [2.75, 3.05) is 26.2 Å². The molecule has 0 spiro atoms. The largest absolute Gasteiger partial charge is 0.351 e. The molecule has 0 radical (unpaired) electrons. The molecular formula is C18H20ClN3O4S2. The fraction of sp³-hybridized carbons (Fsp3) is 0.333. The minimum atomic E-state index is -3.69. The van der Waals surface area contributed by atoms with Crippen LogP contribution in [0.25, 0.3) is 0 Å². The van der Waals surface area contributed by atoms with Crippen molar-refractivity contribution in [2.45, 2.75) is 18.4 Å². The van der Waals surface area contributed by atoms with Crippen molar-refractivity contribution >= 4 is 44.8 Å². The van der Waals surface area contributed by atoms with Crippen LogP contribution in [0.4, 0.5) is 0 Å². The molecule has 0 unspecified atom stereocenters. The van der Waals surface area contributed by atoms with E-state index < -0.39 is 10.0 Å². The van der Waals surface area contributed by atoms with E-state index in [0.717, 1.165) is 4.88 Å². The standard InChI is InChI=1S/C18H20ClN3O4S2/c1-13(23)20-12-14-6-7-16(27-14)18(24)21-8-10-22(11-9-21)28(25,26)17-5-3-2-4-15(17)19/h2-7H,8-12H2,1H3,(H,20,23). The summed E-state index contributed by atoms with van der Waals surface area (Å²) < 4.78 is 26.9. The van der Waals surface area contributed by atoms with Crippen molar-refractivity contribution in [2.24, 2.45) is 0 Å². The number of piperazine rings is 1. The van der Waals surface area contributed by atoms with E-state index in [0.29, 0.717) is 24.5 Å². The molecule has 1 aromatic heterocycles. The van der Waals surface area contributed by atoms with E-state index in [1.807, 2.05) is 6.07 Å². The van der Waals surface area contributed by atoms with Crippen LogP contribution in [-0.4, -0.2) is 55.6 Å². The van der Waals surface area contributed by atoms with Gasteiger partial charge in [0.2, 0.25) is 15.9 Å². The van der Waals surface area contributed by atoms with Crippen LogP contribution in [0.2, 0.25) is 5.02 Å². The lowest BCUT2D eigenvalue weighted by atomic mass is 10.3. The van der Waals surface area contributed by atoms with Crippen molar-refractivity contribution in [3.05, 3.63) is 51.2 Å². The fourth-order valence-corrected chi connectivity index (χ4v) is 5.71. The zero-order chi connectivity index (χ0) is 20.3. The zero-order valence-electron chi connectivity index (χ0n) is 15.2. The molecule has 1 aromatic carbocycles. The molecular weight excluding hydrogens is 422 g/mol. The Morgan fingerprint density at radius 3 is 2.43 bits per heavy atom. The van der Waals surface area contributed by atoms with Gasteiger partial charge >= 0.3 is 0 Å². The number of carbonyl (C=O) groups is 2. The summed E-state index contributed by atoms with van der Waals surface area (Å²) in [5.74, 6) is -0.258. The van der Waals surface area contributed by atoms with Crippen molar-refractivity contribution in [1.82, 2.24) is 14.5 Å². The number of nitrogens with one attached hydrogen (secondary N) is 1. The topological polar surface area (TPSA) is 86.8 Å². The smallest absolute Gasteiger partial charge is 0.264 e. The van der Waals surface area contributed by atoms with E-state index in [2.05, 4.69) is 5.32 Å². The van der Waals surface area contributed by atoms with Crippen molar-refractivity contribution < 1.29 is 18.0 Å². The summed E-state index contributed by atoms with van der Waals surface area (Å²) in [5.41, 5.74) is 0. The maximum Gasteiger partial charge on any atom is 0.264 e. The number of nitrogens with zero attached hydrogens (tertiary/aromatic N) is 2. The molecule has 10 heteroatoms. The van der Waals surface area contributed by atoms with Crippen LogP contribution in [0.15, 0.2) is 41.3 Å². The Hall–Kier alpha value is -1.94. The second kappa shape index (κ2) is 8.60. The summed E-state index contributed by atoms with van der Waals surface area (Å²) in [6.45, 7) is 2.86. The monoisotopic (exact) mass is 441 g/mol. The van der Waals surface area contributed by atoms with Crippen LogP contribution < -0.4 is 5.32 Å². The molecule has 0 bridgehead atoms. The lowest BCUT2D eigenvalue weighted by molar-refractivity contribution is -0.119. The van der Waals surface area contributed by atoms with Gasteiger partial charge in [0.05, 0.1) is 16.4 Å². The molecule has 1 aliphatic rings. The molecule has 0 atom stereocenters. The Balaban J connectivity index is 1.63. The van der Waals surface area contributed by atoms with Crippen molar-refractivity contribution in [3.8, 4) is 0 Å². The number of benzene rings is 1. The van der Waals surface area contributed by atoms with E-state index in [1.54, 1.807) is 29.2 Å². The first-order valence-corrected chi connectivity index (χ1v) is 11.3. The average Bonchev–Trinajstić information content (AvgIpc) is 3.15. The highest BCUT2D eigenvalue weighted by Crippen LogP contribution is 2.26. The van der Waals surface area contributed by atoms with Crippen LogP contribution in [0, 0.1) is 0 Å². The molecule has 1 fully saturated rings. The molecule has 28 heavy (non-hydrogen) atoms. The molecule has 1 saturated heterocycles. The van der Waals surface area contributed by atoms with E-state index in [-0.39, 0.29) is 34.8 Å². The van der Waals surface area contributed by atoms with E-state index in [9.17, 15) is 18.0 Å². The number of thiophene rings is 1. The van der Waals surface area contributed by atoms with E-state index >= 15 is 0 Å². The Kier molecular flexibility index (Phi) is 6.39. The summed E-state index contributed by atoms with van der Waals surface area (Å²) in [5, 5.41) is 2.88. The molecule has 2 heterocycles. The van der Waals surface area contributed by atoms with Gasteiger partial charge in [-0.15, -0.1) is 11.3 Å². The SMILES string of the molecule is CC(=O)NCc1ccc(C(=O)N2CCN(S(=O)(=O)c3ccccc3Cl)CC2)s1. The minimum Gasteiger partial charge on any atom is -0.351 e. The van der Waals surface area contributed by atoms with E-state index in [1.165, 1.54) is 28.6 Å². The molecule has 150 valence electrons. The van der Waals surface area contributed by atoms with Gasteiger partial charge in [0.15, 0.2) is 0 Å². The highest BCUT2D eigenvalue weighted by atomic mass is 35.5. The van der Waals surface area contributed by atoms with Gasteiger partial charge < -0.3 is 10.2 Å². The second-order valence-electron chi connectivity index (χ2n) is 6.30. The van der Waals surface area contributed by atoms with E-state index in [4.69, 9.17) is 11.6 Å². The Morgan fingerprint density at radius 1 is 1.11 bits per heavy atom. The third kappa shape index (κ3) is 4.54. The Bertz CT molecular complexity index is 982. The van der Waals surface area contributed by atoms with Crippen LogP contribution in [0.1, 0.15) is 21.5 Å². The third-order valence-corrected chi connectivity index (χ3v) is 7.84. The molecule has 1 N–H and O–H groups in total. The minimum absolute atomic E-state index is 0.0808. The van der Waals surface area contributed by atoms with Gasteiger partial charge in [-0.2, -0.15) is 4.31 Å². The molecule has 2 amide bonds. The summed E-state index contributed by atoms with van der Waals surface area (Å²) in [6, 6.07) is 9.89. The van der Waals surface area contributed by atoms with Gasteiger partial charge in [0.25, 0.3) is 5.91 Å². The van der Waals surface area contributed by atoms with Crippen LogP contribution >= 0.6 is 22.9 Å². The highest BCUT2D eigenvalue weighted by molar-refractivity contribution is 7.89. The van der Waals surface area contributed by atoms with Gasteiger partial charge in [-0.3, -0.25) is 9.59 Å².